The number of nitriles is 1. The Morgan fingerprint density at radius 3 is 2.52 bits per heavy atom. The van der Waals surface area contributed by atoms with Crippen LogP contribution in [-0.4, -0.2) is 46.6 Å². The first-order valence-corrected chi connectivity index (χ1v) is 11.5. The van der Waals surface area contributed by atoms with Crippen LogP contribution >= 0.6 is 11.6 Å². The van der Waals surface area contributed by atoms with Crippen molar-refractivity contribution in [2.24, 2.45) is 11.7 Å². The summed E-state index contributed by atoms with van der Waals surface area (Å²) in [4.78, 5) is 29.7. The second-order valence-corrected chi connectivity index (χ2v) is 8.92. The van der Waals surface area contributed by atoms with Gasteiger partial charge in [-0.3, -0.25) is 4.79 Å². The highest BCUT2D eigenvalue weighted by molar-refractivity contribution is 6.31. The fourth-order valence-electron chi connectivity index (χ4n) is 4.47. The lowest BCUT2D eigenvalue weighted by atomic mass is 9.84. The van der Waals surface area contributed by atoms with Crippen molar-refractivity contribution < 1.29 is 14.3 Å². The number of hydrogen-bond donors (Lipinski definition) is 1. The van der Waals surface area contributed by atoms with Crippen molar-refractivity contribution in [3.63, 3.8) is 0 Å². The first-order valence-electron chi connectivity index (χ1n) is 11.1. The SMILES string of the molecule is N#Cc1ccc(OC2CCC(c3nc(N4CCC(C=O)CC4)nnc3C(N)=O)CC2)cc1Cl. The lowest BCUT2D eigenvalue weighted by Gasteiger charge is -2.31. The molecule has 10 heteroatoms. The van der Waals surface area contributed by atoms with Crippen molar-refractivity contribution in [1.82, 2.24) is 15.2 Å². The van der Waals surface area contributed by atoms with Crippen LogP contribution < -0.4 is 15.4 Å². The number of primary amides is 1. The number of aldehydes is 1. The first kappa shape index (κ1) is 22.9. The van der Waals surface area contributed by atoms with Crippen molar-refractivity contribution in [2.45, 2.75) is 50.5 Å². The summed E-state index contributed by atoms with van der Waals surface area (Å²) >= 11 is 6.10. The van der Waals surface area contributed by atoms with Crippen LogP contribution in [0.25, 0.3) is 0 Å². The summed E-state index contributed by atoms with van der Waals surface area (Å²) in [6, 6.07) is 7.09. The van der Waals surface area contributed by atoms with E-state index in [1.165, 1.54) is 0 Å². The van der Waals surface area contributed by atoms with E-state index < -0.39 is 5.91 Å². The summed E-state index contributed by atoms with van der Waals surface area (Å²) in [6.07, 6.45) is 5.57. The van der Waals surface area contributed by atoms with Gasteiger partial charge in [-0.25, -0.2) is 4.98 Å². The molecule has 1 aromatic carbocycles. The molecule has 2 fully saturated rings. The Kier molecular flexibility index (Phi) is 7.04. The summed E-state index contributed by atoms with van der Waals surface area (Å²) in [5.74, 6) is 0.565. The molecule has 172 valence electrons. The van der Waals surface area contributed by atoms with Crippen molar-refractivity contribution in [1.29, 1.82) is 5.26 Å². The Morgan fingerprint density at radius 2 is 1.91 bits per heavy atom. The van der Waals surface area contributed by atoms with Crippen LogP contribution in [0.3, 0.4) is 0 Å². The minimum absolute atomic E-state index is 0.00100. The van der Waals surface area contributed by atoms with E-state index in [9.17, 15) is 9.59 Å². The number of anilines is 1. The molecule has 1 saturated carbocycles. The lowest BCUT2D eigenvalue weighted by Crippen LogP contribution is -2.36. The number of carbonyl (C=O) groups excluding carboxylic acids is 2. The molecule has 1 amide bonds. The van der Waals surface area contributed by atoms with Crippen molar-refractivity contribution in [3.05, 3.63) is 40.2 Å². The second kappa shape index (κ2) is 10.1. The van der Waals surface area contributed by atoms with Crippen molar-refractivity contribution in [2.75, 3.05) is 18.0 Å². The topological polar surface area (TPSA) is 135 Å². The third-order valence-electron chi connectivity index (χ3n) is 6.38. The van der Waals surface area contributed by atoms with Gasteiger partial charge in [-0.1, -0.05) is 11.6 Å². The number of nitrogens with zero attached hydrogens (tertiary/aromatic N) is 5. The van der Waals surface area contributed by atoms with Gasteiger partial charge in [-0.05, 0) is 50.7 Å². The van der Waals surface area contributed by atoms with Crippen LogP contribution in [0.4, 0.5) is 5.95 Å². The van der Waals surface area contributed by atoms with Crippen LogP contribution in [0.5, 0.6) is 5.75 Å². The van der Waals surface area contributed by atoms with Gasteiger partial charge in [0.15, 0.2) is 5.69 Å². The summed E-state index contributed by atoms with van der Waals surface area (Å²) in [5, 5.41) is 17.6. The number of rotatable bonds is 6. The number of piperidine rings is 1. The molecule has 1 aliphatic carbocycles. The summed E-state index contributed by atoms with van der Waals surface area (Å²) in [7, 11) is 0. The molecule has 0 bridgehead atoms. The number of ether oxygens (including phenoxy) is 1. The minimum Gasteiger partial charge on any atom is -0.490 e. The molecule has 2 aliphatic rings. The molecule has 4 rings (SSSR count). The predicted molar refractivity (Wildman–Crippen MR) is 121 cm³/mol. The second-order valence-electron chi connectivity index (χ2n) is 8.52. The van der Waals surface area contributed by atoms with E-state index in [0.717, 1.165) is 44.8 Å². The van der Waals surface area contributed by atoms with Crippen LogP contribution in [0.15, 0.2) is 18.2 Å². The Labute approximate surface area is 196 Å². The molecule has 33 heavy (non-hydrogen) atoms. The molecule has 2 aromatic rings. The number of hydrogen-bond acceptors (Lipinski definition) is 8. The Morgan fingerprint density at radius 1 is 1.18 bits per heavy atom. The fourth-order valence-corrected chi connectivity index (χ4v) is 4.68. The summed E-state index contributed by atoms with van der Waals surface area (Å²) in [5.41, 5.74) is 6.67. The van der Waals surface area contributed by atoms with E-state index in [4.69, 9.17) is 32.3 Å². The van der Waals surface area contributed by atoms with Crippen molar-refractivity contribution in [3.8, 4) is 11.8 Å². The number of aromatic nitrogens is 3. The normalized spacial score (nSPS) is 21.3. The van der Waals surface area contributed by atoms with Crippen LogP contribution in [0.1, 0.15) is 66.2 Å². The van der Waals surface area contributed by atoms with Gasteiger partial charge in [0.1, 0.15) is 18.1 Å². The van der Waals surface area contributed by atoms with Gasteiger partial charge in [-0.15, -0.1) is 10.2 Å². The van der Waals surface area contributed by atoms with Gasteiger partial charge in [0.05, 0.1) is 22.4 Å². The summed E-state index contributed by atoms with van der Waals surface area (Å²) < 4.78 is 6.07. The number of nitrogens with two attached hydrogens (primary N) is 1. The third kappa shape index (κ3) is 5.22. The smallest absolute Gasteiger partial charge is 0.271 e. The Bertz CT molecular complexity index is 1070. The maximum Gasteiger partial charge on any atom is 0.271 e. The van der Waals surface area contributed by atoms with Crippen LogP contribution in [-0.2, 0) is 4.79 Å². The molecular weight excluding hydrogens is 444 g/mol. The fraction of sp³-hybridized carbons (Fsp3) is 0.478. The maximum atomic E-state index is 12.0. The predicted octanol–water partition coefficient (Wildman–Crippen LogP) is 3.02. The molecule has 1 aliphatic heterocycles. The zero-order valence-corrected chi connectivity index (χ0v) is 18.9. The van der Waals surface area contributed by atoms with Gasteiger partial charge in [0, 0.05) is 31.0 Å². The van der Waals surface area contributed by atoms with Gasteiger partial charge in [0.25, 0.3) is 5.91 Å². The minimum atomic E-state index is -0.637. The molecule has 0 unspecified atom stereocenters. The van der Waals surface area contributed by atoms with E-state index >= 15 is 0 Å². The zero-order chi connectivity index (χ0) is 23.4. The van der Waals surface area contributed by atoms with Gasteiger partial charge in [0.2, 0.25) is 5.95 Å². The number of halogens is 1. The summed E-state index contributed by atoms with van der Waals surface area (Å²) in [6.45, 7) is 1.35. The molecule has 1 aromatic heterocycles. The Hall–Kier alpha value is -3.25. The highest BCUT2D eigenvalue weighted by Gasteiger charge is 2.30. The monoisotopic (exact) mass is 468 g/mol. The number of carbonyl (C=O) groups is 2. The molecule has 1 saturated heterocycles. The lowest BCUT2D eigenvalue weighted by molar-refractivity contribution is -0.111. The molecule has 2 N–H and O–H groups in total. The number of amides is 1. The Balaban J connectivity index is 1.44. The van der Waals surface area contributed by atoms with Gasteiger partial charge < -0.3 is 20.2 Å². The largest absolute Gasteiger partial charge is 0.490 e. The van der Waals surface area contributed by atoms with E-state index in [2.05, 4.69) is 10.2 Å². The van der Waals surface area contributed by atoms with E-state index in [1.807, 2.05) is 11.0 Å². The standard InChI is InChI=1S/C23H25ClN6O3/c24-19-11-18(6-3-16(19)12-25)33-17-4-1-15(2-5-17)20-21(22(26)32)28-29-23(27-20)30-9-7-14(13-31)8-10-30/h3,6,11,13-15,17H,1-2,4-5,7-10H2,(H2,26,32). The first-order chi connectivity index (χ1) is 16.0. The molecule has 0 radical (unpaired) electrons. The van der Waals surface area contributed by atoms with Crippen molar-refractivity contribution >= 4 is 29.7 Å². The number of benzene rings is 1. The molecule has 9 nitrogen and oxygen atoms in total. The third-order valence-corrected chi connectivity index (χ3v) is 6.69. The average molecular weight is 469 g/mol. The molecular formula is C23H25ClN6O3. The van der Waals surface area contributed by atoms with E-state index in [-0.39, 0.29) is 23.6 Å². The van der Waals surface area contributed by atoms with Crippen LogP contribution in [0, 0.1) is 17.2 Å². The highest BCUT2D eigenvalue weighted by atomic mass is 35.5. The van der Waals surface area contributed by atoms with E-state index in [0.29, 0.717) is 41.1 Å². The molecule has 0 spiro atoms. The van der Waals surface area contributed by atoms with Crippen LogP contribution in [0.2, 0.25) is 5.02 Å². The quantitative estimate of drug-likeness (QED) is 0.639. The van der Waals surface area contributed by atoms with Gasteiger partial charge in [-0.2, -0.15) is 5.26 Å². The highest BCUT2D eigenvalue weighted by Crippen LogP contribution is 2.36. The zero-order valence-electron chi connectivity index (χ0n) is 18.1. The average Bonchev–Trinajstić information content (AvgIpc) is 2.84. The van der Waals surface area contributed by atoms with Gasteiger partial charge >= 0.3 is 0 Å². The van der Waals surface area contributed by atoms with E-state index in [1.54, 1.807) is 18.2 Å². The maximum absolute atomic E-state index is 12.0. The molecule has 0 atom stereocenters. The molecule has 2 heterocycles.